The molecule has 1 unspecified atom stereocenters. The van der Waals surface area contributed by atoms with Crippen LogP contribution < -0.4 is 0 Å². The van der Waals surface area contributed by atoms with Crippen LogP contribution in [-0.4, -0.2) is 45.4 Å². The van der Waals surface area contributed by atoms with E-state index in [9.17, 15) is 10.2 Å². The normalized spacial score (nSPS) is 19.3. The van der Waals surface area contributed by atoms with E-state index in [1.807, 2.05) is 43.3 Å². The van der Waals surface area contributed by atoms with Gasteiger partial charge in [0, 0.05) is 24.1 Å². The fourth-order valence-electron chi connectivity index (χ4n) is 5.39. The number of aliphatic hydroxyl groups is 2. The summed E-state index contributed by atoms with van der Waals surface area (Å²) in [5.41, 5.74) is 2.02. The molecular formula is C29H37N3O2. The monoisotopic (exact) mass is 459 g/mol. The minimum Gasteiger partial charge on any atom is -0.385 e. The molecule has 2 heterocycles. The van der Waals surface area contributed by atoms with Crippen molar-refractivity contribution >= 4 is 0 Å². The minimum absolute atomic E-state index is 0.350. The Morgan fingerprint density at radius 3 is 2.21 bits per heavy atom. The first-order valence-electron chi connectivity index (χ1n) is 12.2. The quantitative estimate of drug-likeness (QED) is 0.514. The zero-order valence-electron chi connectivity index (χ0n) is 21.0. The largest absolute Gasteiger partial charge is 0.385 e. The lowest BCUT2D eigenvalue weighted by molar-refractivity contribution is -0.127. The average molecular weight is 460 g/mol. The molecule has 180 valence electrons. The maximum absolute atomic E-state index is 12.4. The summed E-state index contributed by atoms with van der Waals surface area (Å²) in [6, 6.07) is 20.0. The van der Waals surface area contributed by atoms with E-state index in [2.05, 4.69) is 67.2 Å². The van der Waals surface area contributed by atoms with Gasteiger partial charge in [-0.15, -0.1) is 0 Å². The van der Waals surface area contributed by atoms with E-state index >= 15 is 0 Å². The van der Waals surface area contributed by atoms with Crippen molar-refractivity contribution in [2.24, 2.45) is 5.41 Å². The number of aromatic nitrogens is 2. The van der Waals surface area contributed by atoms with Crippen molar-refractivity contribution in [1.82, 2.24) is 15.1 Å². The van der Waals surface area contributed by atoms with Gasteiger partial charge in [-0.25, -0.2) is 0 Å². The molecule has 4 rings (SSSR count). The predicted octanol–water partition coefficient (Wildman–Crippen LogP) is 4.63. The fourth-order valence-corrected chi connectivity index (χ4v) is 5.39. The van der Waals surface area contributed by atoms with Gasteiger partial charge in [-0.1, -0.05) is 75.4 Å². The van der Waals surface area contributed by atoms with Gasteiger partial charge in [0.15, 0.2) is 0 Å². The van der Waals surface area contributed by atoms with Gasteiger partial charge in [-0.2, -0.15) is 10.2 Å². The molecule has 1 saturated heterocycles. The highest BCUT2D eigenvalue weighted by atomic mass is 16.3. The highest BCUT2D eigenvalue weighted by Gasteiger charge is 2.55. The van der Waals surface area contributed by atoms with Crippen LogP contribution in [0.25, 0.3) is 0 Å². The third-order valence-corrected chi connectivity index (χ3v) is 7.49. The molecule has 1 aromatic heterocycles. The number of benzene rings is 2. The molecule has 3 aromatic rings. The first kappa shape index (κ1) is 24.5. The summed E-state index contributed by atoms with van der Waals surface area (Å²) in [5.74, 6) is 0.430. The molecular weight excluding hydrogens is 422 g/mol. The molecule has 2 atom stereocenters. The number of rotatable bonds is 8. The Labute approximate surface area is 203 Å². The Kier molecular flexibility index (Phi) is 6.65. The van der Waals surface area contributed by atoms with Gasteiger partial charge in [0.2, 0.25) is 0 Å². The van der Waals surface area contributed by atoms with Gasteiger partial charge >= 0.3 is 0 Å². The lowest BCUT2D eigenvalue weighted by Gasteiger charge is -2.55. The van der Waals surface area contributed by atoms with Crippen molar-refractivity contribution in [3.05, 3.63) is 94.8 Å². The molecule has 1 aliphatic rings. The Morgan fingerprint density at radius 2 is 1.62 bits per heavy atom. The maximum Gasteiger partial charge on any atom is 0.124 e. The summed E-state index contributed by atoms with van der Waals surface area (Å²) < 4.78 is 0. The Hall–Kier alpha value is -2.60. The van der Waals surface area contributed by atoms with E-state index in [4.69, 9.17) is 0 Å². The molecule has 5 nitrogen and oxygen atoms in total. The van der Waals surface area contributed by atoms with Crippen LogP contribution in [0.3, 0.4) is 0 Å². The average Bonchev–Trinajstić information content (AvgIpc) is 2.82. The van der Waals surface area contributed by atoms with Crippen molar-refractivity contribution in [2.75, 3.05) is 20.1 Å². The van der Waals surface area contributed by atoms with E-state index < -0.39 is 11.2 Å². The molecule has 1 aliphatic heterocycles. The van der Waals surface area contributed by atoms with E-state index in [0.717, 1.165) is 35.5 Å². The molecule has 0 aliphatic carbocycles. The van der Waals surface area contributed by atoms with E-state index in [1.54, 1.807) is 6.20 Å². The molecule has 0 radical (unpaired) electrons. The number of hydrogen-bond donors (Lipinski definition) is 2. The Bertz CT molecular complexity index is 1110. The fraction of sp³-hybridized carbons (Fsp3) is 0.448. The molecule has 2 N–H and O–H groups in total. The first-order chi connectivity index (χ1) is 16.0. The van der Waals surface area contributed by atoms with Gasteiger partial charge in [-0.05, 0) is 55.5 Å². The van der Waals surface area contributed by atoms with Crippen LogP contribution in [0.2, 0.25) is 0 Å². The summed E-state index contributed by atoms with van der Waals surface area (Å²) in [6.45, 7) is 9.90. The van der Waals surface area contributed by atoms with Crippen molar-refractivity contribution < 1.29 is 10.2 Å². The van der Waals surface area contributed by atoms with E-state index in [1.165, 1.54) is 5.56 Å². The molecule has 0 amide bonds. The Morgan fingerprint density at radius 1 is 0.971 bits per heavy atom. The maximum atomic E-state index is 12.4. The van der Waals surface area contributed by atoms with Crippen molar-refractivity contribution in [2.45, 2.75) is 57.7 Å². The van der Waals surface area contributed by atoms with Crippen LogP contribution in [0.4, 0.5) is 0 Å². The van der Waals surface area contributed by atoms with Crippen LogP contribution in [0, 0.1) is 5.41 Å². The molecule has 0 saturated carbocycles. The van der Waals surface area contributed by atoms with Crippen molar-refractivity contribution in [3.8, 4) is 0 Å². The van der Waals surface area contributed by atoms with Gasteiger partial charge in [0.05, 0.1) is 17.5 Å². The number of aryl methyl sites for hydroxylation is 1. The second-order valence-electron chi connectivity index (χ2n) is 10.8. The predicted molar refractivity (Wildman–Crippen MR) is 135 cm³/mol. The van der Waals surface area contributed by atoms with Crippen LogP contribution in [0.1, 0.15) is 68.0 Å². The summed E-state index contributed by atoms with van der Waals surface area (Å²) in [6.07, 6.45) is 2.76. The standard InChI is InChI=1S/C29H37N3O2/c1-21(2)22-11-13-24(14-12-22)29(34,27(3)19-32(5)20-27)25-17-26(31-30-18-25)15-16-28(4,33)23-9-7-6-8-10-23/h6-14,17-18,21,33-34H,15-16,19-20H2,1-5H3/t28?,29-/m0/s1. The lowest BCUT2D eigenvalue weighted by atomic mass is 9.62. The van der Waals surface area contributed by atoms with Crippen molar-refractivity contribution in [3.63, 3.8) is 0 Å². The summed E-state index contributed by atoms with van der Waals surface area (Å²) in [7, 11) is 2.08. The topological polar surface area (TPSA) is 69.5 Å². The van der Waals surface area contributed by atoms with E-state index in [-0.39, 0.29) is 5.41 Å². The first-order valence-corrected chi connectivity index (χ1v) is 12.2. The second-order valence-corrected chi connectivity index (χ2v) is 10.8. The van der Waals surface area contributed by atoms with Crippen LogP contribution in [-0.2, 0) is 17.6 Å². The van der Waals surface area contributed by atoms with Gasteiger partial charge in [0.1, 0.15) is 5.60 Å². The summed E-state index contributed by atoms with van der Waals surface area (Å²) in [4.78, 5) is 2.22. The van der Waals surface area contributed by atoms with Crippen LogP contribution in [0.15, 0.2) is 66.9 Å². The number of likely N-dealkylation sites (tertiary alicyclic amines) is 1. The van der Waals surface area contributed by atoms with Crippen LogP contribution in [0.5, 0.6) is 0 Å². The highest BCUT2D eigenvalue weighted by Crippen LogP contribution is 2.50. The zero-order valence-corrected chi connectivity index (χ0v) is 21.0. The van der Waals surface area contributed by atoms with Gasteiger partial charge < -0.3 is 15.1 Å². The molecule has 34 heavy (non-hydrogen) atoms. The second kappa shape index (κ2) is 9.21. The van der Waals surface area contributed by atoms with Crippen LogP contribution >= 0.6 is 0 Å². The Balaban J connectivity index is 1.66. The van der Waals surface area contributed by atoms with Gasteiger partial charge in [0.25, 0.3) is 0 Å². The highest BCUT2D eigenvalue weighted by molar-refractivity contribution is 5.41. The number of hydrogen-bond acceptors (Lipinski definition) is 5. The van der Waals surface area contributed by atoms with Gasteiger partial charge in [-0.3, -0.25) is 0 Å². The third kappa shape index (κ3) is 4.52. The SMILES string of the molecule is CC(C)c1ccc([C@](O)(c2cnnc(CCC(C)(O)c3ccccc3)c2)C2(C)CN(C)C2)cc1. The summed E-state index contributed by atoms with van der Waals surface area (Å²) >= 11 is 0. The van der Waals surface area contributed by atoms with Crippen molar-refractivity contribution in [1.29, 1.82) is 0 Å². The molecule has 5 heteroatoms. The third-order valence-electron chi connectivity index (χ3n) is 7.49. The smallest absolute Gasteiger partial charge is 0.124 e. The molecule has 2 aromatic carbocycles. The molecule has 1 fully saturated rings. The molecule has 0 spiro atoms. The molecule has 0 bridgehead atoms. The number of nitrogens with zero attached hydrogens (tertiary/aromatic N) is 3. The lowest BCUT2D eigenvalue weighted by Crippen LogP contribution is -2.63. The minimum atomic E-state index is -1.19. The summed E-state index contributed by atoms with van der Waals surface area (Å²) in [5, 5.41) is 32.0. The zero-order chi connectivity index (χ0) is 24.6. The van der Waals surface area contributed by atoms with E-state index in [0.29, 0.717) is 18.8 Å².